The minimum atomic E-state index is -0.451. The van der Waals surface area contributed by atoms with E-state index in [1.165, 1.54) is 16.8 Å². The van der Waals surface area contributed by atoms with E-state index < -0.39 is 5.91 Å². The number of ether oxygens (including phenoxy) is 1. The topological polar surface area (TPSA) is 95.1 Å². The van der Waals surface area contributed by atoms with Gasteiger partial charge in [-0.2, -0.15) is 0 Å². The van der Waals surface area contributed by atoms with Gasteiger partial charge in [0, 0.05) is 18.2 Å². The molecule has 146 valence electrons. The lowest BCUT2D eigenvalue weighted by Gasteiger charge is -2.07. The quantitative estimate of drug-likeness (QED) is 0.654. The van der Waals surface area contributed by atoms with Gasteiger partial charge < -0.3 is 15.8 Å². The SMILES string of the molecule is CC(C)c1nc(C(=O)Nc2ccc(OCCN)cc2)nn1-c1cccc(F)c1. The molecule has 0 saturated carbocycles. The third-order valence-corrected chi connectivity index (χ3v) is 3.90. The second-order valence-corrected chi connectivity index (χ2v) is 6.46. The lowest BCUT2D eigenvalue weighted by atomic mass is 10.2. The van der Waals surface area contributed by atoms with E-state index in [-0.39, 0.29) is 17.6 Å². The predicted molar refractivity (Wildman–Crippen MR) is 104 cm³/mol. The van der Waals surface area contributed by atoms with E-state index >= 15 is 0 Å². The molecule has 7 nitrogen and oxygen atoms in total. The highest BCUT2D eigenvalue weighted by Gasteiger charge is 2.20. The number of carbonyl (C=O) groups excluding carboxylic acids is 1. The highest BCUT2D eigenvalue weighted by molar-refractivity contribution is 6.01. The van der Waals surface area contributed by atoms with Crippen LogP contribution in [-0.4, -0.2) is 33.8 Å². The molecule has 1 amide bonds. The summed E-state index contributed by atoms with van der Waals surface area (Å²) < 4.78 is 20.5. The predicted octanol–water partition coefficient (Wildman–Crippen LogP) is 3.12. The van der Waals surface area contributed by atoms with Crippen LogP contribution in [0, 0.1) is 5.82 Å². The molecular formula is C20H22FN5O2. The first kappa shape index (κ1) is 19.5. The molecule has 0 unspecified atom stereocenters. The van der Waals surface area contributed by atoms with Gasteiger partial charge in [0.15, 0.2) is 0 Å². The lowest BCUT2D eigenvalue weighted by molar-refractivity contribution is 0.101. The van der Waals surface area contributed by atoms with Crippen molar-refractivity contribution in [2.75, 3.05) is 18.5 Å². The fraction of sp³-hybridized carbons (Fsp3) is 0.250. The van der Waals surface area contributed by atoms with Gasteiger partial charge in [-0.3, -0.25) is 4.79 Å². The first-order chi connectivity index (χ1) is 13.5. The van der Waals surface area contributed by atoms with Crippen molar-refractivity contribution in [3.63, 3.8) is 0 Å². The molecule has 3 aromatic rings. The highest BCUT2D eigenvalue weighted by Crippen LogP contribution is 2.20. The van der Waals surface area contributed by atoms with Gasteiger partial charge in [-0.15, -0.1) is 5.10 Å². The largest absolute Gasteiger partial charge is 0.492 e. The molecule has 3 N–H and O–H groups in total. The summed E-state index contributed by atoms with van der Waals surface area (Å²) in [5.41, 5.74) is 6.50. The van der Waals surface area contributed by atoms with E-state index in [2.05, 4.69) is 15.4 Å². The second kappa shape index (κ2) is 8.62. The number of halogens is 1. The van der Waals surface area contributed by atoms with E-state index in [1.807, 2.05) is 13.8 Å². The molecule has 0 aliphatic heterocycles. The molecule has 0 aliphatic rings. The number of hydrogen-bond donors (Lipinski definition) is 2. The normalized spacial score (nSPS) is 10.9. The lowest BCUT2D eigenvalue weighted by Crippen LogP contribution is -2.14. The Morgan fingerprint density at radius 1 is 1.25 bits per heavy atom. The van der Waals surface area contributed by atoms with Crippen LogP contribution in [0.1, 0.15) is 36.2 Å². The number of nitrogens with two attached hydrogens (primary N) is 1. The molecule has 1 heterocycles. The molecule has 0 spiro atoms. The Labute approximate surface area is 162 Å². The average Bonchev–Trinajstić information content (AvgIpc) is 3.13. The molecular weight excluding hydrogens is 361 g/mol. The van der Waals surface area contributed by atoms with Gasteiger partial charge in [-0.05, 0) is 42.5 Å². The average molecular weight is 383 g/mol. The zero-order chi connectivity index (χ0) is 20.1. The maximum absolute atomic E-state index is 13.6. The standard InChI is InChI=1S/C20H22FN5O2/c1-13(2)19-24-18(25-26(19)16-5-3-4-14(21)12-16)20(27)23-15-6-8-17(9-7-15)28-11-10-22/h3-9,12-13H,10-11,22H2,1-2H3,(H,23,27). The molecule has 0 fully saturated rings. The summed E-state index contributed by atoms with van der Waals surface area (Å²) in [6.45, 7) is 4.71. The molecule has 1 aromatic heterocycles. The number of rotatable bonds is 7. The van der Waals surface area contributed by atoms with E-state index in [9.17, 15) is 9.18 Å². The molecule has 0 bridgehead atoms. The van der Waals surface area contributed by atoms with Crippen LogP contribution in [0.2, 0.25) is 0 Å². The number of nitrogens with one attached hydrogen (secondary N) is 1. The molecule has 8 heteroatoms. The van der Waals surface area contributed by atoms with Gasteiger partial charge in [0.1, 0.15) is 24.0 Å². The fourth-order valence-corrected chi connectivity index (χ4v) is 2.59. The number of amides is 1. The van der Waals surface area contributed by atoms with Crippen molar-refractivity contribution in [3.05, 3.63) is 66.0 Å². The van der Waals surface area contributed by atoms with Crippen molar-refractivity contribution < 1.29 is 13.9 Å². The first-order valence-electron chi connectivity index (χ1n) is 8.95. The Morgan fingerprint density at radius 3 is 2.64 bits per heavy atom. The summed E-state index contributed by atoms with van der Waals surface area (Å²) in [6, 6.07) is 12.9. The van der Waals surface area contributed by atoms with Crippen LogP contribution in [0.3, 0.4) is 0 Å². The number of benzene rings is 2. The van der Waals surface area contributed by atoms with Crippen LogP contribution in [0.4, 0.5) is 10.1 Å². The summed E-state index contributed by atoms with van der Waals surface area (Å²) in [7, 11) is 0. The van der Waals surface area contributed by atoms with Gasteiger partial charge in [-0.25, -0.2) is 14.1 Å². The third kappa shape index (κ3) is 4.52. The van der Waals surface area contributed by atoms with Crippen molar-refractivity contribution in [3.8, 4) is 11.4 Å². The summed E-state index contributed by atoms with van der Waals surface area (Å²) in [5, 5.41) is 7.04. The fourth-order valence-electron chi connectivity index (χ4n) is 2.59. The molecule has 0 radical (unpaired) electrons. The smallest absolute Gasteiger partial charge is 0.295 e. The van der Waals surface area contributed by atoms with Crippen molar-refractivity contribution in [1.82, 2.24) is 14.8 Å². The maximum atomic E-state index is 13.6. The monoisotopic (exact) mass is 383 g/mol. The minimum Gasteiger partial charge on any atom is -0.492 e. The zero-order valence-electron chi connectivity index (χ0n) is 15.7. The van der Waals surface area contributed by atoms with E-state index in [4.69, 9.17) is 10.5 Å². The number of anilines is 1. The molecule has 2 aromatic carbocycles. The Bertz CT molecular complexity index is 953. The number of carbonyl (C=O) groups is 1. The van der Waals surface area contributed by atoms with Crippen LogP contribution in [-0.2, 0) is 0 Å². The minimum absolute atomic E-state index is 0.00343. The zero-order valence-corrected chi connectivity index (χ0v) is 15.7. The van der Waals surface area contributed by atoms with E-state index in [0.29, 0.717) is 36.1 Å². The Morgan fingerprint density at radius 2 is 2.00 bits per heavy atom. The van der Waals surface area contributed by atoms with Crippen molar-refractivity contribution >= 4 is 11.6 Å². The van der Waals surface area contributed by atoms with Crippen LogP contribution >= 0.6 is 0 Å². The Kier molecular flexibility index (Phi) is 6.00. The van der Waals surface area contributed by atoms with Gasteiger partial charge in [0.2, 0.25) is 5.82 Å². The summed E-state index contributed by atoms with van der Waals surface area (Å²) in [5.74, 6) is 0.409. The van der Waals surface area contributed by atoms with Crippen molar-refractivity contribution in [2.24, 2.45) is 5.73 Å². The molecule has 0 atom stereocenters. The van der Waals surface area contributed by atoms with Gasteiger partial charge in [-0.1, -0.05) is 19.9 Å². The van der Waals surface area contributed by atoms with E-state index in [1.54, 1.807) is 36.4 Å². The van der Waals surface area contributed by atoms with Gasteiger partial charge >= 0.3 is 0 Å². The van der Waals surface area contributed by atoms with E-state index in [0.717, 1.165) is 0 Å². The van der Waals surface area contributed by atoms with Crippen LogP contribution < -0.4 is 15.8 Å². The van der Waals surface area contributed by atoms with Gasteiger partial charge in [0.25, 0.3) is 5.91 Å². The second-order valence-electron chi connectivity index (χ2n) is 6.46. The van der Waals surface area contributed by atoms with Crippen molar-refractivity contribution in [1.29, 1.82) is 0 Å². The number of nitrogens with zero attached hydrogens (tertiary/aromatic N) is 3. The first-order valence-corrected chi connectivity index (χ1v) is 8.95. The Hall–Kier alpha value is -3.26. The molecule has 0 saturated heterocycles. The summed E-state index contributed by atoms with van der Waals surface area (Å²) in [4.78, 5) is 16.9. The molecule has 28 heavy (non-hydrogen) atoms. The van der Waals surface area contributed by atoms with Crippen LogP contribution in [0.25, 0.3) is 5.69 Å². The third-order valence-electron chi connectivity index (χ3n) is 3.90. The molecule has 3 rings (SSSR count). The number of hydrogen-bond acceptors (Lipinski definition) is 5. The van der Waals surface area contributed by atoms with Crippen LogP contribution in [0.15, 0.2) is 48.5 Å². The van der Waals surface area contributed by atoms with Gasteiger partial charge in [0.05, 0.1) is 5.69 Å². The maximum Gasteiger partial charge on any atom is 0.295 e. The molecule has 0 aliphatic carbocycles. The number of aromatic nitrogens is 3. The summed E-state index contributed by atoms with van der Waals surface area (Å²) >= 11 is 0. The Balaban J connectivity index is 1.81. The summed E-state index contributed by atoms with van der Waals surface area (Å²) in [6.07, 6.45) is 0. The van der Waals surface area contributed by atoms with Crippen LogP contribution in [0.5, 0.6) is 5.75 Å². The highest BCUT2D eigenvalue weighted by atomic mass is 19.1. The van der Waals surface area contributed by atoms with Crippen molar-refractivity contribution in [2.45, 2.75) is 19.8 Å².